The molecule has 1 rings (SSSR count). The van der Waals surface area contributed by atoms with Crippen LogP contribution in [0.5, 0.6) is 0 Å². The summed E-state index contributed by atoms with van der Waals surface area (Å²) in [6.45, 7) is 2.53. The van der Waals surface area contributed by atoms with Gasteiger partial charge in [-0.2, -0.15) is 5.06 Å². The highest BCUT2D eigenvalue weighted by atomic mass is 127. The van der Waals surface area contributed by atoms with Crippen LogP contribution in [0.1, 0.15) is 16.4 Å². The Kier molecular flexibility index (Phi) is 6.46. The van der Waals surface area contributed by atoms with Crippen LogP contribution >= 0.6 is 22.6 Å². The van der Waals surface area contributed by atoms with Gasteiger partial charge in [0.2, 0.25) is 0 Å². The summed E-state index contributed by atoms with van der Waals surface area (Å²) in [6, 6.07) is 9.42. The summed E-state index contributed by atoms with van der Waals surface area (Å²) in [6.07, 6.45) is 0. The Morgan fingerprint density at radius 3 is 2.65 bits per heavy atom. The number of hydroxylamine groups is 2. The molecule has 0 aliphatic rings. The average molecular weight is 348 g/mol. The minimum Gasteiger partial charge on any atom is -0.463 e. The highest BCUT2D eigenvalue weighted by molar-refractivity contribution is 14.1. The second-order valence-corrected chi connectivity index (χ2v) is 4.71. The number of hydrogen-bond donors (Lipinski definition) is 0. The first kappa shape index (κ1) is 14.4. The predicted molar refractivity (Wildman–Crippen MR) is 72.1 cm³/mol. The Morgan fingerprint density at radius 2 is 2.06 bits per heavy atom. The number of likely N-dealkylation sites (N-methyl/N-ethyl adjacent to an activating group) is 1. The first-order valence-electron chi connectivity index (χ1n) is 5.43. The Morgan fingerprint density at radius 1 is 1.41 bits per heavy atom. The zero-order valence-corrected chi connectivity index (χ0v) is 11.8. The van der Waals surface area contributed by atoms with Crippen LogP contribution in [0, 0.1) is 0 Å². The Bertz CT molecular complexity index is 345. The van der Waals surface area contributed by atoms with Gasteiger partial charge < -0.3 is 4.74 Å². The first-order valence-corrected chi connectivity index (χ1v) is 6.67. The molecule has 17 heavy (non-hydrogen) atoms. The van der Waals surface area contributed by atoms with E-state index in [-0.39, 0.29) is 23.0 Å². The molecule has 1 radical (unpaired) electrons. The van der Waals surface area contributed by atoms with Crippen molar-refractivity contribution in [3.8, 4) is 0 Å². The van der Waals surface area contributed by atoms with Crippen molar-refractivity contribution in [2.24, 2.45) is 0 Å². The van der Waals surface area contributed by atoms with Crippen LogP contribution in [-0.2, 0) is 14.7 Å². The lowest BCUT2D eigenvalue weighted by Gasteiger charge is -2.12. The molecule has 0 spiro atoms. The normalized spacial score (nSPS) is 12.5. The molecule has 93 valence electrons. The topological polar surface area (TPSA) is 49.4 Å². The van der Waals surface area contributed by atoms with Gasteiger partial charge in [0.05, 0.1) is 6.54 Å². The summed E-state index contributed by atoms with van der Waals surface area (Å²) < 4.78 is 4.72. The summed E-state index contributed by atoms with van der Waals surface area (Å²) in [4.78, 5) is 11.7. The lowest BCUT2D eigenvalue weighted by molar-refractivity contribution is -0.167. The molecule has 0 saturated heterocycles. The maximum atomic E-state index is 11.7. The summed E-state index contributed by atoms with van der Waals surface area (Å²) in [5.74, 6) is -0.304. The van der Waals surface area contributed by atoms with E-state index >= 15 is 0 Å². The molecular weight excluding hydrogens is 333 g/mol. The van der Waals surface area contributed by atoms with Crippen LogP contribution in [0.15, 0.2) is 30.3 Å². The fourth-order valence-electron chi connectivity index (χ4n) is 1.24. The van der Waals surface area contributed by atoms with Crippen molar-refractivity contribution in [1.82, 2.24) is 5.06 Å². The molecule has 0 aliphatic heterocycles. The van der Waals surface area contributed by atoms with Crippen molar-refractivity contribution in [2.75, 3.05) is 19.7 Å². The van der Waals surface area contributed by atoms with E-state index in [0.717, 1.165) is 10.6 Å². The lowest BCUT2D eigenvalue weighted by atomic mass is 10.2. The molecule has 0 N–H and O–H groups in total. The molecule has 0 bridgehead atoms. The van der Waals surface area contributed by atoms with Gasteiger partial charge in [-0.25, -0.2) is 0 Å². The number of halogens is 1. The molecule has 0 heterocycles. The fraction of sp³-hybridized carbons (Fsp3) is 0.417. The van der Waals surface area contributed by atoms with Crippen molar-refractivity contribution in [1.29, 1.82) is 0 Å². The van der Waals surface area contributed by atoms with Gasteiger partial charge in [-0.3, -0.25) is 4.79 Å². The van der Waals surface area contributed by atoms with Gasteiger partial charge in [-0.05, 0) is 12.5 Å². The average Bonchev–Trinajstić information content (AvgIpc) is 2.38. The summed E-state index contributed by atoms with van der Waals surface area (Å²) in [5.41, 5.74) is 0.910. The quantitative estimate of drug-likeness (QED) is 0.343. The molecule has 1 unspecified atom stereocenters. The highest BCUT2D eigenvalue weighted by Crippen LogP contribution is 2.24. The van der Waals surface area contributed by atoms with E-state index in [1.807, 2.05) is 52.9 Å². The van der Waals surface area contributed by atoms with E-state index in [4.69, 9.17) is 4.74 Å². The number of carbonyl (C=O) groups is 1. The standard InChI is InChI=1S/C12H15INO3/c1-2-14(16)8-9-17-12(15)11(13)10-6-4-3-5-7-10/h3-7,11H,2,8-9H2,1H3. The van der Waals surface area contributed by atoms with E-state index < -0.39 is 0 Å². The first-order chi connectivity index (χ1) is 8.15. The molecular formula is C12H15INO3. The fourth-order valence-corrected chi connectivity index (χ4v) is 1.83. The lowest BCUT2D eigenvalue weighted by Crippen LogP contribution is -2.24. The van der Waals surface area contributed by atoms with Crippen LogP contribution in [0.3, 0.4) is 0 Å². The van der Waals surface area contributed by atoms with E-state index in [0.29, 0.717) is 6.54 Å². The van der Waals surface area contributed by atoms with Crippen LogP contribution in [0.4, 0.5) is 0 Å². The van der Waals surface area contributed by atoms with Gasteiger partial charge >= 0.3 is 5.97 Å². The predicted octanol–water partition coefficient (Wildman–Crippen LogP) is 2.37. The highest BCUT2D eigenvalue weighted by Gasteiger charge is 2.18. The summed E-state index contributed by atoms with van der Waals surface area (Å²) in [5, 5.41) is 11.8. The SMILES string of the molecule is CCN([O])CCOC(=O)C(I)c1ccccc1. The number of rotatable bonds is 6. The number of ether oxygens (including phenoxy) is 1. The van der Waals surface area contributed by atoms with Crippen LogP contribution in [-0.4, -0.2) is 30.7 Å². The second kappa shape index (κ2) is 7.62. The minimum absolute atomic E-state index is 0.141. The largest absolute Gasteiger partial charge is 0.463 e. The Hall–Kier alpha value is -0.660. The second-order valence-electron chi connectivity index (χ2n) is 3.46. The van der Waals surface area contributed by atoms with Gasteiger partial charge in [-0.1, -0.05) is 52.9 Å². The molecule has 0 amide bonds. The number of benzene rings is 1. The van der Waals surface area contributed by atoms with Gasteiger partial charge in [0.1, 0.15) is 10.5 Å². The van der Waals surface area contributed by atoms with Crippen molar-refractivity contribution < 1.29 is 14.7 Å². The molecule has 5 heteroatoms. The molecule has 0 aliphatic carbocycles. The third kappa shape index (κ3) is 5.01. The van der Waals surface area contributed by atoms with E-state index in [1.54, 1.807) is 6.92 Å². The molecule has 1 atom stereocenters. The number of carbonyl (C=O) groups excluding carboxylic acids is 1. The van der Waals surface area contributed by atoms with Crippen molar-refractivity contribution in [3.63, 3.8) is 0 Å². The van der Waals surface area contributed by atoms with Crippen LogP contribution in [0.25, 0.3) is 0 Å². The maximum absolute atomic E-state index is 11.7. The van der Waals surface area contributed by atoms with Gasteiger partial charge in [0.15, 0.2) is 0 Å². The van der Waals surface area contributed by atoms with E-state index in [9.17, 15) is 10.0 Å². The van der Waals surface area contributed by atoms with Crippen molar-refractivity contribution in [2.45, 2.75) is 10.8 Å². The zero-order chi connectivity index (χ0) is 12.7. The number of nitrogens with zero attached hydrogens (tertiary/aromatic N) is 1. The number of hydrogen-bond acceptors (Lipinski definition) is 3. The van der Waals surface area contributed by atoms with Crippen LogP contribution in [0.2, 0.25) is 0 Å². The molecule has 1 aromatic carbocycles. The Balaban J connectivity index is 2.38. The molecule has 0 aromatic heterocycles. The third-order valence-corrected chi connectivity index (χ3v) is 3.46. The number of alkyl halides is 1. The monoisotopic (exact) mass is 348 g/mol. The van der Waals surface area contributed by atoms with Crippen molar-refractivity contribution >= 4 is 28.6 Å². The third-order valence-electron chi connectivity index (χ3n) is 2.24. The van der Waals surface area contributed by atoms with Gasteiger partial charge in [-0.15, -0.1) is 5.21 Å². The molecule has 1 aromatic rings. The molecule has 0 fully saturated rings. The van der Waals surface area contributed by atoms with Crippen molar-refractivity contribution in [3.05, 3.63) is 35.9 Å². The van der Waals surface area contributed by atoms with Crippen LogP contribution < -0.4 is 0 Å². The molecule has 4 nitrogen and oxygen atoms in total. The Labute approximate surface area is 115 Å². The minimum atomic E-state index is -0.324. The van der Waals surface area contributed by atoms with E-state index in [1.165, 1.54) is 0 Å². The van der Waals surface area contributed by atoms with Gasteiger partial charge in [0.25, 0.3) is 0 Å². The molecule has 0 saturated carbocycles. The summed E-state index contributed by atoms with van der Waals surface area (Å²) in [7, 11) is 0. The smallest absolute Gasteiger partial charge is 0.323 e. The van der Waals surface area contributed by atoms with Gasteiger partial charge in [0, 0.05) is 6.54 Å². The summed E-state index contributed by atoms with van der Waals surface area (Å²) >= 11 is 2.03. The van der Waals surface area contributed by atoms with E-state index in [2.05, 4.69) is 0 Å². The number of esters is 1. The zero-order valence-electron chi connectivity index (χ0n) is 9.64. The maximum Gasteiger partial charge on any atom is 0.323 e.